The molecule has 0 amide bonds. The Morgan fingerprint density at radius 2 is 1.93 bits per heavy atom. The normalized spacial score (nSPS) is 21.1. The summed E-state index contributed by atoms with van der Waals surface area (Å²) in [5.74, 6) is -0.260. The number of carbonyl (C=O) groups is 2. The number of benzene rings is 1. The van der Waals surface area contributed by atoms with Crippen molar-refractivity contribution in [1.82, 2.24) is 0 Å². The van der Waals surface area contributed by atoms with Gasteiger partial charge in [0.25, 0.3) is 0 Å². The van der Waals surface area contributed by atoms with Gasteiger partial charge in [0.1, 0.15) is 5.78 Å². The molecule has 1 aromatic rings. The molecule has 0 aliphatic heterocycles. The maximum Gasteiger partial charge on any atom is 0.173 e. The largest absolute Gasteiger partial charge is 0.299 e. The van der Waals surface area contributed by atoms with Crippen molar-refractivity contribution < 1.29 is 9.59 Å². The smallest absolute Gasteiger partial charge is 0.173 e. The van der Waals surface area contributed by atoms with Crippen LogP contribution in [0.2, 0.25) is 0 Å². The van der Waals surface area contributed by atoms with Crippen LogP contribution < -0.4 is 0 Å². The molecule has 0 heterocycles. The third-order valence-electron chi connectivity index (χ3n) is 2.68. The van der Waals surface area contributed by atoms with Crippen molar-refractivity contribution in [3.8, 4) is 0 Å². The molecule has 0 spiro atoms. The molecule has 2 rings (SSSR count). The van der Waals surface area contributed by atoms with E-state index < -0.39 is 0 Å². The predicted octanol–water partition coefficient (Wildman–Crippen LogP) is 2.24. The summed E-state index contributed by atoms with van der Waals surface area (Å²) in [7, 11) is 0. The zero-order valence-corrected chi connectivity index (χ0v) is 7.90. The van der Waals surface area contributed by atoms with Gasteiger partial charge in [0.2, 0.25) is 0 Å². The molecule has 0 bridgehead atoms. The third kappa shape index (κ3) is 1.60. The van der Waals surface area contributed by atoms with Gasteiger partial charge in [0, 0.05) is 12.0 Å². The fourth-order valence-electron chi connectivity index (χ4n) is 1.90. The van der Waals surface area contributed by atoms with Crippen LogP contribution in [0.1, 0.15) is 29.6 Å². The van der Waals surface area contributed by atoms with Crippen LogP contribution in [-0.2, 0) is 4.79 Å². The minimum Gasteiger partial charge on any atom is -0.299 e. The number of rotatable bonds is 2. The number of ketones is 2. The molecule has 0 radical (unpaired) electrons. The summed E-state index contributed by atoms with van der Waals surface area (Å²) in [5.41, 5.74) is 0.660. The summed E-state index contributed by atoms with van der Waals surface area (Å²) in [6.07, 6.45) is 2.16. The Labute approximate surface area is 82.9 Å². The molecular formula is C12H12O2. The Morgan fingerprint density at radius 1 is 1.21 bits per heavy atom. The molecule has 1 saturated carbocycles. The van der Waals surface area contributed by atoms with E-state index in [1.54, 1.807) is 12.1 Å². The van der Waals surface area contributed by atoms with Gasteiger partial charge in [-0.25, -0.2) is 0 Å². The van der Waals surface area contributed by atoms with Crippen LogP contribution in [0, 0.1) is 5.92 Å². The van der Waals surface area contributed by atoms with Crippen molar-refractivity contribution in [1.29, 1.82) is 0 Å². The van der Waals surface area contributed by atoms with Crippen LogP contribution in [0.3, 0.4) is 0 Å². The standard InChI is InChI=1S/C12H12O2/c13-11-8-4-7-10(11)12(14)9-5-2-1-3-6-9/h1-3,5-6,10H,4,7-8H2/t10-/m1/s1. The summed E-state index contributed by atoms with van der Waals surface area (Å²) in [6.45, 7) is 0. The maximum atomic E-state index is 11.8. The van der Waals surface area contributed by atoms with E-state index in [0.29, 0.717) is 12.0 Å². The zero-order chi connectivity index (χ0) is 9.97. The molecule has 1 atom stereocenters. The SMILES string of the molecule is O=C1CCC[C@H]1C(=O)c1ccccc1. The van der Waals surface area contributed by atoms with Crippen LogP contribution in [0.5, 0.6) is 0 Å². The van der Waals surface area contributed by atoms with Gasteiger partial charge in [-0.2, -0.15) is 0 Å². The summed E-state index contributed by atoms with van der Waals surface area (Å²) in [4.78, 5) is 23.2. The van der Waals surface area contributed by atoms with Crippen molar-refractivity contribution in [2.75, 3.05) is 0 Å². The van der Waals surface area contributed by atoms with Crippen LogP contribution >= 0.6 is 0 Å². The maximum absolute atomic E-state index is 11.8. The van der Waals surface area contributed by atoms with Gasteiger partial charge < -0.3 is 0 Å². The molecule has 14 heavy (non-hydrogen) atoms. The quantitative estimate of drug-likeness (QED) is 0.527. The van der Waals surface area contributed by atoms with E-state index in [2.05, 4.69) is 0 Å². The van der Waals surface area contributed by atoms with Gasteiger partial charge >= 0.3 is 0 Å². The molecule has 0 unspecified atom stereocenters. The Balaban J connectivity index is 2.20. The number of hydrogen-bond acceptors (Lipinski definition) is 2. The van der Waals surface area contributed by atoms with Crippen molar-refractivity contribution in [3.63, 3.8) is 0 Å². The summed E-state index contributed by atoms with van der Waals surface area (Å²) < 4.78 is 0. The molecule has 1 aromatic carbocycles. The molecule has 72 valence electrons. The van der Waals surface area contributed by atoms with E-state index >= 15 is 0 Å². The topological polar surface area (TPSA) is 34.1 Å². The van der Waals surface area contributed by atoms with Crippen LogP contribution in [-0.4, -0.2) is 11.6 Å². The van der Waals surface area contributed by atoms with E-state index in [0.717, 1.165) is 12.8 Å². The lowest BCUT2D eigenvalue weighted by Gasteiger charge is -2.05. The van der Waals surface area contributed by atoms with Gasteiger partial charge in [-0.3, -0.25) is 9.59 Å². The summed E-state index contributed by atoms with van der Waals surface area (Å²) in [6, 6.07) is 9.06. The molecule has 0 N–H and O–H groups in total. The molecular weight excluding hydrogens is 176 g/mol. The van der Waals surface area contributed by atoms with Crippen molar-refractivity contribution in [2.24, 2.45) is 5.92 Å². The fourth-order valence-corrected chi connectivity index (χ4v) is 1.90. The second kappa shape index (κ2) is 3.74. The van der Waals surface area contributed by atoms with E-state index in [-0.39, 0.29) is 17.5 Å². The van der Waals surface area contributed by atoms with E-state index in [1.807, 2.05) is 18.2 Å². The average molecular weight is 188 g/mol. The number of Topliss-reactive ketones (excluding diaryl/α,β-unsaturated/α-hetero) is 2. The molecule has 1 aliphatic rings. The summed E-state index contributed by atoms with van der Waals surface area (Å²) >= 11 is 0. The van der Waals surface area contributed by atoms with Crippen LogP contribution in [0.4, 0.5) is 0 Å². The minimum atomic E-state index is -0.364. The first-order valence-corrected chi connectivity index (χ1v) is 4.91. The van der Waals surface area contributed by atoms with Crippen molar-refractivity contribution in [2.45, 2.75) is 19.3 Å². The minimum absolute atomic E-state index is 0.00639. The Bertz CT molecular complexity index is 354. The first-order chi connectivity index (χ1) is 6.79. The highest BCUT2D eigenvalue weighted by molar-refractivity contribution is 6.11. The Kier molecular flexibility index (Phi) is 2.44. The molecule has 1 fully saturated rings. The van der Waals surface area contributed by atoms with Gasteiger partial charge in [-0.15, -0.1) is 0 Å². The first-order valence-electron chi connectivity index (χ1n) is 4.91. The van der Waals surface area contributed by atoms with Crippen molar-refractivity contribution in [3.05, 3.63) is 35.9 Å². The molecule has 2 heteroatoms. The van der Waals surface area contributed by atoms with Gasteiger partial charge in [0.15, 0.2) is 5.78 Å². The lowest BCUT2D eigenvalue weighted by atomic mass is 9.96. The predicted molar refractivity (Wildman–Crippen MR) is 53.1 cm³/mol. The second-order valence-electron chi connectivity index (χ2n) is 3.64. The molecule has 0 aromatic heterocycles. The summed E-state index contributed by atoms with van der Waals surface area (Å²) in [5, 5.41) is 0. The molecule has 0 saturated heterocycles. The Hall–Kier alpha value is -1.44. The first kappa shape index (κ1) is 9.13. The average Bonchev–Trinajstić information content (AvgIpc) is 2.65. The zero-order valence-electron chi connectivity index (χ0n) is 7.90. The van der Waals surface area contributed by atoms with Gasteiger partial charge in [0.05, 0.1) is 5.92 Å². The van der Waals surface area contributed by atoms with E-state index in [1.165, 1.54) is 0 Å². The number of hydrogen-bond donors (Lipinski definition) is 0. The molecule has 1 aliphatic carbocycles. The highest BCUT2D eigenvalue weighted by Crippen LogP contribution is 2.24. The fraction of sp³-hybridized carbons (Fsp3) is 0.333. The van der Waals surface area contributed by atoms with Crippen LogP contribution in [0.15, 0.2) is 30.3 Å². The number of carbonyl (C=O) groups excluding carboxylic acids is 2. The van der Waals surface area contributed by atoms with Crippen molar-refractivity contribution >= 4 is 11.6 Å². The monoisotopic (exact) mass is 188 g/mol. The lowest BCUT2D eigenvalue weighted by molar-refractivity contribution is -0.119. The van der Waals surface area contributed by atoms with Gasteiger partial charge in [-0.05, 0) is 12.8 Å². The van der Waals surface area contributed by atoms with E-state index in [4.69, 9.17) is 0 Å². The van der Waals surface area contributed by atoms with E-state index in [9.17, 15) is 9.59 Å². The van der Waals surface area contributed by atoms with Gasteiger partial charge in [-0.1, -0.05) is 30.3 Å². The highest BCUT2D eigenvalue weighted by atomic mass is 16.2. The van der Waals surface area contributed by atoms with Crippen LogP contribution in [0.25, 0.3) is 0 Å². The Morgan fingerprint density at radius 3 is 2.50 bits per heavy atom. The third-order valence-corrected chi connectivity index (χ3v) is 2.68. The highest BCUT2D eigenvalue weighted by Gasteiger charge is 2.31. The molecule has 2 nitrogen and oxygen atoms in total. The lowest BCUT2D eigenvalue weighted by Crippen LogP contribution is -2.18. The second-order valence-corrected chi connectivity index (χ2v) is 3.64.